The molecule has 0 saturated heterocycles. The van der Waals surface area contributed by atoms with Crippen LogP contribution in [0.4, 0.5) is 4.39 Å². The third-order valence-corrected chi connectivity index (χ3v) is 1.13. The minimum absolute atomic E-state index is 0.174. The molecule has 0 aromatic rings. The van der Waals surface area contributed by atoms with Crippen molar-refractivity contribution in [1.29, 1.82) is 0 Å². The first kappa shape index (κ1) is 7.70. The van der Waals surface area contributed by atoms with Crippen molar-refractivity contribution in [2.45, 2.75) is 13.8 Å². The molecule has 2 heteroatoms. The average Bonchev–Trinajstić information content (AvgIpc) is 1.84. The minimum atomic E-state index is -0.367. The zero-order valence-electron chi connectivity index (χ0n) is 4.91. The predicted molar refractivity (Wildman–Crippen MR) is 34.5 cm³/mol. The zero-order valence-corrected chi connectivity index (χ0v) is 5.67. The lowest BCUT2D eigenvalue weighted by Crippen LogP contribution is -1.68. The van der Waals surface area contributed by atoms with Gasteiger partial charge in [-0.2, -0.15) is 0 Å². The van der Waals surface area contributed by atoms with Gasteiger partial charge in [0.05, 0.1) is 5.03 Å². The molecule has 0 heterocycles. The molecular formula is C6H8ClF. The lowest BCUT2D eigenvalue weighted by atomic mass is 10.4. The van der Waals surface area contributed by atoms with Crippen LogP contribution in [0.3, 0.4) is 0 Å². The van der Waals surface area contributed by atoms with Crippen molar-refractivity contribution in [3.05, 3.63) is 23.0 Å². The van der Waals surface area contributed by atoms with Gasteiger partial charge in [0.2, 0.25) is 0 Å². The first-order valence-corrected chi connectivity index (χ1v) is 2.74. The van der Waals surface area contributed by atoms with Gasteiger partial charge in [0, 0.05) is 0 Å². The quantitative estimate of drug-likeness (QED) is 0.484. The molecular weight excluding hydrogens is 127 g/mol. The molecule has 0 unspecified atom stereocenters. The van der Waals surface area contributed by atoms with Gasteiger partial charge in [-0.3, -0.25) is 0 Å². The summed E-state index contributed by atoms with van der Waals surface area (Å²) >= 11 is 5.33. The highest BCUT2D eigenvalue weighted by atomic mass is 35.5. The smallest absolute Gasteiger partial charge is 0.137 e. The summed E-state index contributed by atoms with van der Waals surface area (Å²) in [5.74, 6) is -0.367. The summed E-state index contributed by atoms with van der Waals surface area (Å²) in [5, 5.41) is 0.174. The van der Waals surface area contributed by atoms with E-state index >= 15 is 0 Å². The Labute approximate surface area is 53.7 Å². The van der Waals surface area contributed by atoms with E-state index in [-0.39, 0.29) is 10.9 Å². The summed E-state index contributed by atoms with van der Waals surface area (Å²) in [6, 6.07) is 0. The Morgan fingerprint density at radius 2 is 1.88 bits per heavy atom. The fourth-order valence-electron chi connectivity index (χ4n) is 0.276. The topological polar surface area (TPSA) is 0 Å². The standard InChI is InChI=1S/C6H8ClF/c1-3-5(7)6(8)4-2/h3-4H,1-2H3/b5-3+,6-4+. The average molecular weight is 135 g/mol. The van der Waals surface area contributed by atoms with E-state index in [1.807, 2.05) is 0 Å². The van der Waals surface area contributed by atoms with E-state index in [2.05, 4.69) is 0 Å². The number of rotatable bonds is 1. The van der Waals surface area contributed by atoms with E-state index in [0.29, 0.717) is 0 Å². The van der Waals surface area contributed by atoms with Crippen molar-refractivity contribution in [1.82, 2.24) is 0 Å². The normalized spacial score (nSPS) is 14.5. The Balaban J connectivity index is 4.04. The second kappa shape index (κ2) is 3.67. The van der Waals surface area contributed by atoms with Gasteiger partial charge in [-0.05, 0) is 13.8 Å². The molecule has 0 fully saturated rings. The van der Waals surface area contributed by atoms with E-state index in [1.54, 1.807) is 13.8 Å². The van der Waals surface area contributed by atoms with Crippen molar-refractivity contribution in [3.63, 3.8) is 0 Å². The van der Waals surface area contributed by atoms with Crippen molar-refractivity contribution in [3.8, 4) is 0 Å². The molecule has 0 atom stereocenters. The van der Waals surface area contributed by atoms with Gasteiger partial charge in [-0.25, -0.2) is 4.39 Å². The van der Waals surface area contributed by atoms with Gasteiger partial charge in [-0.1, -0.05) is 23.8 Å². The second-order valence-electron chi connectivity index (χ2n) is 1.27. The third kappa shape index (κ3) is 2.12. The van der Waals surface area contributed by atoms with E-state index in [9.17, 15) is 4.39 Å². The van der Waals surface area contributed by atoms with Crippen LogP contribution in [0.25, 0.3) is 0 Å². The fourth-order valence-corrected chi connectivity index (χ4v) is 0.385. The molecule has 0 aromatic carbocycles. The highest BCUT2D eigenvalue weighted by Gasteiger charge is 1.93. The highest BCUT2D eigenvalue weighted by Crippen LogP contribution is 2.14. The summed E-state index contributed by atoms with van der Waals surface area (Å²) in [6.07, 6.45) is 2.83. The first-order valence-electron chi connectivity index (χ1n) is 2.36. The molecule has 0 saturated carbocycles. The van der Waals surface area contributed by atoms with E-state index in [0.717, 1.165) is 0 Å². The molecule has 0 aliphatic rings. The molecule has 0 aromatic heterocycles. The maximum atomic E-state index is 12.2. The Morgan fingerprint density at radius 3 is 2.00 bits per heavy atom. The van der Waals surface area contributed by atoms with Gasteiger partial charge in [0.25, 0.3) is 0 Å². The van der Waals surface area contributed by atoms with E-state index in [4.69, 9.17) is 11.6 Å². The van der Waals surface area contributed by atoms with Crippen molar-refractivity contribution in [2.24, 2.45) is 0 Å². The highest BCUT2D eigenvalue weighted by molar-refractivity contribution is 6.31. The van der Waals surface area contributed by atoms with Gasteiger partial charge in [0.1, 0.15) is 5.83 Å². The Morgan fingerprint density at radius 1 is 1.38 bits per heavy atom. The Kier molecular flexibility index (Phi) is 3.53. The molecule has 0 amide bonds. The number of hydrogen-bond acceptors (Lipinski definition) is 0. The van der Waals surface area contributed by atoms with Crippen molar-refractivity contribution < 1.29 is 4.39 Å². The van der Waals surface area contributed by atoms with Crippen LogP contribution in [-0.4, -0.2) is 0 Å². The third-order valence-electron chi connectivity index (χ3n) is 0.735. The van der Waals surface area contributed by atoms with Gasteiger partial charge >= 0.3 is 0 Å². The van der Waals surface area contributed by atoms with Gasteiger partial charge < -0.3 is 0 Å². The molecule has 0 aliphatic carbocycles. The Bertz CT molecular complexity index is 108. The fraction of sp³-hybridized carbons (Fsp3) is 0.333. The van der Waals surface area contributed by atoms with Gasteiger partial charge in [0.15, 0.2) is 0 Å². The van der Waals surface area contributed by atoms with Crippen LogP contribution in [0.5, 0.6) is 0 Å². The van der Waals surface area contributed by atoms with Crippen LogP contribution < -0.4 is 0 Å². The lowest BCUT2D eigenvalue weighted by Gasteiger charge is -1.87. The summed E-state index contributed by atoms with van der Waals surface area (Å²) in [4.78, 5) is 0. The molecule has 0 rings (SSSR count). The van der Waals surface area contributed by atoms with Crippen LogP contribution >= 0.6 is 11.6 Å². The maximum absolute atomic E-state index is 12.2. The molecule has 0 nitrogen and oxygen atoms in total. The Hall–Kier alpha value is -0.300. The van der Waals surface area contributed by atoms with Crippen molar-refractivity contribution in [2.75, 3.05) is 0 Å². The van der Waals surface area contributed by atoms with E-state index < -0.39 is 0 Å². The summed E-state index contributed by atoms with van der Waals surface area (Å²) in [5.41, 5.74) is 0. The number of allylic oxidation sites excluding steroid dienone is 4. The summed E-state index contributed by atoms with van der Waals surface area (Å²) < 4.78 is 12.2. The van der Waals surface area contributed by atoms with Gasteiger partial charge in [-0.15, -0.1) is 0 Å². The monoisotopic (exact) mass is 134 g/mol. The molecule has 0 radical (unpaired) electrons. The van der Waals surface area contributed by atoms with Crippen LogP contribution in [0.2, 0.25) is 0 Å². The molecule has 0 aliphatic heterocycles. The largest absolute Gasteiger partial charge is 0.206 e. The lowest BCUT2D eigenvalue weighted by molar-refractivity contribution is 0.660. The number of hydrogen-bond donors (Lipinski definition) is 0. The first-order chi connectivity index (χ1) is 3.72. The van der Waals surface area contributed by atoms with Crippen LogP contribution in [0.15, 0.2) is 23.0 Å². The van der Waals surface area contributed by atoms with Crippen LogP contribution in [0, 0.1) is 0 Å². The molecule has 0 spiro atoms. The van der Waals surface area contributed by atoms with Crippen LogP contribution in [0.1, 0.15) is 13.8 Å². The summed E-state index contributed by atoms with van der Waals surface area (Å²) in [6.45, 7) is 3.28. The maximum Gasteiger partial charge on any atom is 0.137 e. The van der Waals surface area contributed by atoms with Crippen LogP contribution in [-0.2, 0) is 0 Å². The molecule has 8 heavy (non-hydrogen) atoms. The second-order valence-corrected chi connectivity index (χ2v) is 1.68. The molecule has 46 valence electrons. The van der Waals surface area contributed by atoms with Crippen molar-refractivity contribution >= 4 is 11.6 Å². The molecule has 0 N–H and O–H groups in total. The van der Waals surface area contributed by atoms with E-state index in [1.165, 1.54) is 12.2 Å². The molecule has 0 bridgehead atoms. The minimum Gasteiger partial charge on any atom is -0.206 e. The zero-order chi connectivity index (χ0) is 6.57. The predicted octanol–water partition coefficient (Wildman–Crippen LogP) is 3.00. The number of halogens is 2. The SMILES string of the molecule is C/C=C(F)\C(Cl)=C/C. The summed E-state index contributed by atoms with van der Waals surface area (Å²) in [7, 11) is 0.